The molecule has 0 spiro atoms. The Bertz CT molecular complexity index is 3580. The molecule has 1 aliphatic rings. The van der Waals surface area contributed by atoms with E-state index >= 15 is 4.39 Å². The molecule has 0 saturated carbocycles. The van der Waals surface area contributed by atoms with Crippen LogP contribution in [0, 0.1) is 24.6 Å². The van der Waals surface area contributed by atoms with Crippen LogP contribution in [0.3, 0.4) is 0 Å². The van der Waals surface area contributed by atoms with E-state index in [1.54, 1.807) is 12.1 Å². The van der Waals surface area contributed by atoms with E-state index in [0.29, 0.717) is 17.1 Å². The van der Waals surface area contributed by atoms with Gasteiger partial charge in [0.2, 0.25) is 0 Å². The fourth-order valence-corrected chi connectivity index (χ4v) is 10.5. The molecule has 0 atom stereocenters. The van der Waals surface area contributed by atoms with E-state index in [-0.39, 0.29) is 50.6 Å². The average molecular weight is 1140 g/mol. The van der Waals surface area contributed by atoms with Crippen LogP contribution < -0.4 is 14.5 Å². The molecule has 5 nitrogen and oxygen atoms in total. The number of ether oxygens (including phenoxy) is 1. The molecule has 0 saturated heterocycles. The van der Waals surface area contributed by atoms with Crippen molar-refractivity contribution < 1.29 is 30.2 Å². The van der Waals surface area contributed by atoms with Crippen LogP contribution in [-0.2, 0) is 21.1 Å². The smallest absolute Gasteiger partial charge is 0.135 e. The summed E-state index contributed by atoms with van der Waals surface area (Å²) < 4.78 is 24.7. The predicted molar refractivity (Wildman–Crippen MR) is 297 cm³/mol. The van der Waals surface area contributed by atoms with Crippen molar-refractivity contribution in [3.8, 4) is 50.7 Å². The second-order valence-electron chi connectivity index (χ2n) is 20.2. The van der Waals surface area contributed by atoms with Gasteiger partial charge in [0.25, 0.3) is 0 Å². The molecule has 3 heterocycles. The molecule has 0 amide bonds. The molecular formula is C66H58FN4OPt-3. The van der Waals surface area contributed by atoms with Crippen molar-refractivity contribution in [2.45, 2.75) is 79.1 Å². The molecule has 2 aromatic heterocycles. The molecule has 1 aliphatic heterocycles. The van der Waals surface area contributed by atoms with Gasteiger partial charge in [-0.15, -0.1) is 53.6 Å². The van der Waals surface area contributed by atoms with Crippen LogP contribution >= 0.6 is 0 Å². The molecule has 8 aromatic carbocycles. The number of anilines is 4. The van der Waals surface area contributed by atoms with E-state index in [9.17, 15) is 0 Å². The quantitative estimate of drug-likeness (QED) is 0.114. The third-order valence-electron chi connectivity index (χ3n) is 14.1. The third kappa shape index (κ3) is 9.16. The van der Waals surface area contributed by atoms with Crippen LogP contribution in [0.4, 0.5) is 27.1 Å². The van der Waals surface area contributed by atoms with Gasteiger partial charge in [-0.2, -0.15) is 6.07 Å². The first-order chi connectivity index (χ1) is 34.9. The van der Waals surface area contributed by atoms with Crippen LogP contribution in [0.15, 0.2) is 176 Å². The SMILES string of the molecule is CC(C)c1cc(-c2ccccc2)cc(C(C)C)c1-c1cc(Oc2[c-]c3c(cc2)c2ccccc2n3-c2ccccn2)[c-]c(N2[CH-]N(c3c(C(C)C)cc(-c4ccccc4F)cc3C(C)C)c3ccccc32)c1.[Pt]. The second kappa shape index (κ2) is 20.3. The van der Waals surface area contributed by atoms with E-state index < -0.39 is 0 Å². The third-order valence-corrected chi connectivity index (χ3v) is 14.1. The van der Waals surface area contributed by atoms with Gasteiger partial charge in [0, 0.05) is 66.9 Å². The number of rotatable bonds is 12. The first-order valence-electron chi connectivity index (χ1n) is 25.2. The second-order valence-corrected chi connectivity index (χ2v) is 20.2. The zero-order chi connectivity index (χ0) is 49.8. The number of benzene rings is 8. The summed E-state index contributed by atoms with van der Waals surface area (Å²) in [5.41, 5.74) is 16.9. The van der Waals surface area contributed by atoms with E-state index in [1.165, 1.54) is 27.8 Å². The van der Waals surface area contributed by atoms with E-state index in [4.69, 9.17) is 9.72 Å². The van der Waals surface area contributed by atoms with Crippen LogP contribution in [-0.4, -0.2) is 9.55 Å². The van der Waals surface area contributed by atoms with E-state index in [1.807, 2.05) is 42.6 Å². The molecule has 0 aliphatic carbocycles. The fourth-order valence-electron chi connectivity index (χ4n) is 10.5. The van der Waals surface area contributed by atoms with Crippen molar-refractivity contribution in [3.63, 3.8) is 0 Å². The summed E-state index contributed by atoms with van der Waals surface area (Å²) in [6.45, 7) is 20.2. The predicted octanol–water partition coefficient (Wildman–Crippen LogP) is 18.6. The number of fused-ring (bicyclic) bond motifs is 4. The van der Waals surface area contributed by atoms with Crippen molar-refractivity contribution >= 4 is 44.6 Å². The van der Waals surface area contributed by atoms with Gasteiger partial charge >= 0.3 is 0 Å². The minimum Gasteiger partial charge on any atom is -0.509 e. The Morgan fingerprint density at radius 1 is 0.507 bits per heavy atom. The zero-order valence-corrected chi connectivity index (χ0v) is 44.8. The summed E-state index contributed by atoms with van der Waals surface area (Å²) in [6.07, 6.45) is 1.82. The van der Waals surface area contributed by atoms with Gasteiger partial charge in [0.15, 0.2) is 0 Å². The first kappa shape index (κ1) is 49.3. The Morgan fingerprint density at radius 2 is 1.11 bits per heavy atom. The molecule has 0 fully saturated rings. The van der Waals surface area contributed by atoms with Crippen LogP contribution in [0.1, 0.15) is 101 Å². The van der Waals surface area contributed by atoms with Crippen LogP contribution in [0.5, 0.6) is 11.5 Å². The molecule has 368 valence electrons. The number of aromatic nitrogens is 2. The van der Waals surface area contributed by atoms with E-state index in [0.717, 1.165) is 72.6 Å². The molecule has 73 heavy (non-hydrogen) atoms. The Morgan fingerprint density at radius 3 is 1.77 bits per heavy atom. The van der Waals surface area contributed by atoms with Crippen molar-refractivity contribution in [2.75, 3.05) is 9.80 Å². The summed E-state index contributed by atoms with van der Waals surface area (Å²) in [5.74, 6) is 2.44. The molecule has 0 bridgehead atoms. The van der Waals surface area contributed by atoms with Crippen LogP contribution in [0.2, 0.25) is 0 Å². The van der Waals surface area contributed by atoms with Gasteiger partial charge < -0.3 is 19.1 Å². The minimum atomic E-state index is -0.226. The normalized spacial score (nSPS) is 12.5. The molecule has 11 rings (SSSR count). The Balaban J connectivity index is 0.00000611. The van der Waals surface area contributed by atoms with Crippen molar-refractivity contribution in [3.05, 3.63) is 223 Å². The number of halogens is 1. The fraction of sp³-hybridized carbons (Fsp3) is 0.182. The van der Waals surface area contributed by atoms with Gasteiger partial charge in [-0.3, -0.25) is 0 Å². The molecule has 0 unspecified atom stereocenters. The maximum Gasteiger partial charge on any atom is 0.135 e. The Kier molecular flexibility index (Phi) is 13.7. The van der Waals surface area contributed by atoms with Gasteiger partial charge in [-0.05, 0) is 122 Å². The van der Waals surface area contributed by atoms with Gasteiger partial charge in [0.05, 0.1) is 0 Å². The van der Waals surface area contributed by atoms with Gasteiger partial charge in [-0.1, -0.05) is 158 Å². The van der Waals surface area contributed by atoms with E-state index in [2.05, 4.69) is 210 Å². The average Bonchev–Trinajstić information content (AvgIpc) is 3.94. The topological polar surface area (TPSA) is 33.5 Å². The van der Waals surface area contributed by atoms with Crippen molar-refractivity contribution in [1.29, 1.82) is 0 Å². The standard InChI is InChI=1S/C66H58FN4O.Pt/c1-41(2)55-34-46(45-20-10-9-11-21-45)35-56(42(3)4)65(55)48-32-49(38-51(33-48)72-50-29-30-54-53-23-13-15-25-60(53)71(63(54)39-50)64-28-18-19-31-68-64)69-40-70(62-27-17-16-26-61(62)69)66-57(43(5)6)36-47(37-58(66)44(7)8)52-22-12-14-24-59(52)67;/h9-37,40-44H,1-8H3;/q-3;. The summed E-state index contributed by atoms with van der Waals surface area (Å²) in [7, 11) is 0. The monoisotopic (exact) mass is 1140 g/mol. The summed E-state index contributed by atoms with van der Waals surface area (Å²) in [6, 6.07) is 65.9. The maximum absolute atomic E-state index is 15.5. The molecule has 0 radical (unpaired) electrons. The largest absolute Gasteiger partial charge is 0.509 e. The summed E-state index contributed by atoms with van der Waals surface area (Å²) in [4.78, 5) is 9.35. The number of hydrogen-bond donors (Lipinski definition) is 0. The number of hydrogen-bond acceptors (Lipinski definition) is 4. The van der Waals surface area contributed by atoms with Crippen LogP contribution in [0.25, 0.3) is 61.0 Å². The Hall–Kier alpha value is -7.27. The Labute approximate surface area is 444 Å². The minimum absolute atomic E-state index is 0. The molecule has 0 N–H and O–H groups in total. The summed E-state index contributed by atoms with van der Waals surface area (Å²) in [5, 5.41) is 2.18. The maximum atomic E-state index is 15.5. The molecular weight excluding hydrogens is 1080 g/mol. The van der Waals surface area contributed by atoms with Gasteiger partial charge in [0.1, 0.15) is 11.6 Å². The molecule has 7 heteroatoms. The number of pyridine rings is 1. The zero-order valence-electron chi connectivity index (χ0n) is 42.5. The number of para-hydroxylation sites is 3. The number of nitrogens with zero attached hydrogens (tertiary/aromatic N) is 4. The first-order valence-corrected chi connectivity index (χ1v) is 25.2. The van der Waals surface area contributed by atoms with Crippen molar-refractivity contribution in [1.82, 2.24) is 9.55 Å². The van der Waals surface area contributed by atoms with Crippen molar-refractivity contribution in [2.24, 2.45) is 0 Å². The van der Waals surface area contributed by atoms with Gasteiger partial charge in [-0.25, -0.2) is 9.37 Å². The summed E-state index contributed by atoms with van der Waals surface area (Å²) >= 11 is 0. The molecule has 10 aromatic rings.